The van der Waals surface area contributed by atoms with Crippen molar-refractivity contribution in [1.29, 1.82) is 0 Å². The van der Waals surface area contributed by atoms with Gasteiger partial charge in [0.2, 0.25) is 5.91 Å². The van der Waals surface area contributed by atoms with Gasteiger partial charge in [-0.15, -0.1) is 0 Å². The summed E-state index contributed by atoms with van der Waals surface area (Å²) in [6, 6.07) is 5.48. The van der Waals surface area contributed by atoms with Crippen molar-refractivity contribution in [2.24, 2.45) is 0 Å². The summed E-state index contributed by atoms with van der Waals surface area (Å²) in [5.74, 6) is -0.848. The molecule has 2 aliphatic rings. The topological polar surface area (TPSA) is 66.5 Å². The van der Waals surface area contributed by atoms with Gasteiger partial charge in [-0.2, -0.15) is 0 Å². The summed E-state index contributed by atoms with van der Waals surface area (Å²) in [7, 11) is 0. The van der Waals surface area contributed by atoms with Crippen molar-refractivity contribution in [1.82, 2.24) is 10.2 Å². The zero-order valence-corrected chi connectivity index (χ0v) is 14.9. The molecule has 2 aliphatic heterocycles. The van der Waals surface area contributed by atoms with Crippen LogP contribution in [0.25, 0.3) is 0 Å². The third-order valence-electron chi connectivity index (χ3n) is 4.06. The predicted octanol–water partition coefficient (Wildman–Crippen LogP) is 2.53. The van der Waals surface area contributed by atoms with E-state index in [0.29, 0.717) is 12.0 Å². The van der Waals surface area contributed by atoms with Crippen LogP contribution < -0.4 is 5.32 Å². The molecule has 0 saturated carbocycles. The van der Waals surface area contributed by atoms with E-state index < -0.39 is 11.4 Å². The Morgan fingerprint density at radius 2 is 2.10 bits per heavy atom. The lowest BCUT2D eigenvalue weighted by atomic mass is 9.89. The first-order valence-electron chi connectivity index (χ1n) is 6.46. The average molecular weight is 463 g/mol. The van der Waals surface area contributed by atoms with Gasteiger partial charge in [0.15, 0.2) is 0 Å². The van der Waals surface area contributed by atoms with Crippen molar-refractivity contribution in [2.75, 3.05) is 0 Å². The van der Waals surface area contributed by atoms with E-state index in [0.717, 1.165) is 10.0 Å². The van der Waals surface area contributed by atoms with E-state index in [4.69, 9.17) is 0 Å². The molecule has 7 heteroatoms. The highest BCUT2D eigenvalue weighted by atomic mass is 127. The number of rotatable bonds is 1. The molecule has 0 aliphatic carbocycles. The SMILES string of the molecule is CC1(N2C(=O)c3ccc(Br)cc3C2I)CCC(=O)NC1=O. The summed E-state index contributed by atoms with van der Waals surface area (Å²) in [6.45, 7) is 1.72. The second kappa shape index (κ2) is 5.05. The number of imide groups is 1. The number of carbonyl (C=O) groups excluding carboxylic acids is 3. The van der Waals surface area contributed by atoms with E-state index in [9.17, 15) is 14.4 Å². The highest BCUT2D eigenvalue weighted by molar-refractivity contribution is 14.1. The molecule has 0 bridgehead atoms. The van der Waals surface area contributed by atoms with E-state index in [1.165, 1.54) is 0 Å². The third-order valence-corrected chi connectivity index (χ3v) is 5.78. The van der Waals surface area contributed by atoms with Gasteiger partial charge in [-0.05, 0) is 37.1 Å². The van der Waals surface area contributed by atoms with E-state index in [-0.39, 0.29) is 22.3 Å². The number of halogens is 2. The molecule has 21 heavy (non-hydrogen) atoms. The van der Waals surface area contributed by atoms with E-state index in [1.54, 1.807) is 17.9 Å². The third kappa shape index (κ3) is 2.21. The van der Waals surface area contributed by atoms with Gasteiger partial charge in [0.25, 0.3) is 11.8 Å². The van der Waals surface area contributed by atoms with Gasteiger partial charge < -0.3 is 4.90 Å². The Balaban J connectivity index is 2.03. The number of amides is 3. The second-order valence-electron chi connectivity index (χ2n) is 5.39. The van der Waals surface area contributed by atoms with Crippen molar-refractivity contribution in [3.63, 3.8) is 0 Å². The minimum atomic E-state index is -0.998. The number of hydrogen-bond donors (Lipinski definition) is 1. The van der Waals surface area contributed by atoms with Crippen LogP contribution in [0.4, 0.5) is 0 Å². The van der Waals surface area contributed by atoms with Gasteiger partial charge in [-0.1, -0.05) is 38.5 Å². The van der Waals surface area contributed by atoms with Crippen molar-refractivity contribution < 1.29 is 14.4 Å². The van der Waals surface area contributed by atoms with Crippen LogP contribution in [0.2, 0.25) is 0 Å². The molecule has 0 radical (unpaired) electrons. The molecule has 3 amide bonds. The highest BCUT2D eigenvalue weighted by Crippen LogP contribution is 2.45. The van der Waals surface area contributed by atoms with Crippen LogP contribution >= 0.6 is 38.5 Å². The van der Waals surface area contributed by atoms with Gasteiger partial charge in [-0.25, -0.2) is 0 Å². The molecule has 5 nitrogen and oxygen atoms in total. The van der Waals surface area contributed by atoms with Crippen LogP contribution in [-0.4, -0.2) is 28.2 Å². The molecule has 2 atom stereocenters. The lowest BCUT2D eigenvalue weighted by Gasteiger charge is -2.41. The molecule has 2 heterocycles. The van der Waals surface area contributed by atoms with Crippen molar-refractivity contribution >= 4 is 56.2 Å². The average Bonchev–Trinajstić information content (AvgIpc) is 2.67. The zero-order valence-electron chi connectivity index (χ0n) is 11.2. The van der Waals surface area contributed by atoms with Crippen LogP contribution in [0.15, 0.2) is 22.7 Å². The molecule has 0 spiro atoms. The maximum Gasteiger partial charge on any atom is 0.256 e. The Bertz CT molecular complexity index is 678. The number of alkyl halides is 1. The van der Waals surface area contributed by atoms with Crippen LogP contribution in [-0.2, 0) is 9.59 Å². The van der Waals surface area contributed by atoms with Crippen molar-refractivity contribution in [3.8, 4) is 0 Å². The van der Waals surface area contributed by atoms with Gasteiger partial charge in [0.05, 0.1) is 0 Å². The fraction of sp³-hybridized carbons (Fsp3) is 0.357. The van der Waals surface area contributed by atoms with Crippen LogP contribution in [0.5, 0.6) is 0 Å². The summed E-state index contributed by atoms with van der Waals surface area (Å²) in [5, 5.41) is 2.34. The van der Waals surface area contributed by atoms with Crippen molar-refractivity contribution in [2.45, 2.75) is 29.4 Å². The number of fused-ring (bicyclic) bond motifs is 1. The van der Waals surface area contributed by atoms with Crippen LogP contribution in [0, 0.1) is 0 Å². The molecular weight excluding hydrogens is 451 g/mol. The minimum absolute atomic E-state index is 0.163. The standard InChI is InChI=1S/C14H12BrIN2O3/c1-14(5-4-10(19)17-13(14)21)18-11(16)9-6-7(15)2-3-8(9)12(18)20/h2-3,6,11H,4-5H2,1H3,(H,17,19,21). The largest absolute Gasteiger partial charge is 0.308 e. The molecule has 1 N–H and O–H groups in total. The maximum atomic E-state index is 12.7. The number of nitrogens with zero attached hydrogens (tertiary/aromatic N) is 1. The molecule has 1 saturated heterocycles. The molecule has 110 valence electrons. The molecule has 1 aromatic carbocycles. The normalized spacial score (nSPS) is 28.6. The number of nitrogens with one attached hydrogen (secondary N) is 1. The van der Waals surface area contributed by atoms with Crippen molar-refractivity contribution in [3.05, 3.63) is 33.8 Å². The fourth-order valence-corrected chi connectivity index (χ4v) is 4.56. The lowest BCUT2D eigenvalue weighted by Crippen LogP contribution is -2.61. The van der Waals surface area contributed by atoms with Crippen LogP contribution in [0.3, 0.4) is 0 Å². The summed E-state index contributed by atoms with van der Waals surface area (Å²) in [6.07, 6.45) is 0.591. The number of piperidine rings is 1. The molecular formula is C14H12BrIN2O3. The number of hydrogen-bond acceptors (Lipinski definition) is 3. The molecule has 2 unspecified atom stereocenters. The first-order chi connectivity index (χ1) is 9.84. The van der Waals surface area contributed by atoms with E-state index in [1.807, 2.05) is 12.1 Å². The van der Waals surface area contributed by atoms with Gasteiger partial charge in [0.1, 0.15) is 9.59 Å². The second-order valence-corrected chi connectivity index (χ2v) is 7.49. The Morgan fingerprint density at radius 3 is 2.76 bits per heavy atom. The smallest absolute Gasteiger partial charge is 0.256 e. The molecule has 1 aromatic rings. The maximum absolute atomic E-state index is 12.7. The molecule has 1 fully saturated rings. The van der Waals surface area contributed by atoms with Gasteiger partial charge in [-0.3, -0.25) is 19.7 Å². The van der Waals surface area contributed by atoms with Gasteiger partial charge >= 0.3 is 0 Å². The molecule has 0 aromatic heterocycles. The summed E-state index contributed by atoms with van der Waals surface area (Å²) >= 11 is 5.57. The summed E-state index contributed by atoms with van der Waals surface area (Å²) in [4.78, 5) is 37.9. The monoisotopic (exact) mass is 462 g/mol. The minimum Gasteiger partial charge on any atom is -0.308 e. The predicted molar refractivity (Wildman–Crippen MR) is 87.9 cm³/mol. The van der Waals surface area contributed by atoms with E-state index >= 15 is 0 Å². The number of carbonyl (C=O) groups is 3. The Hall–Kier alpha value is -0.960. The lowest BCUT2D eigenvalue weighted by molar-refractivity contribution is -0.142. The quantitative estimate of drug-likeness (QED) is 0.302. The Kier molecular flexibility index (Phi) is 3.59. The summed E-state index contributed by atoms with van der Waals surface area (Å²) in [5.41, 5.74) is 0.506. The fourth-order valence-electron chi connectivity index (χ4n) is 2.80. The summed E-state index contributed by atoms with van der Waals surface area (Å²) < 4.78 is 0.664. The van der Waals surface area contributed by atoms with Gasteiger partial charge in [0, 0.05) is 16.5 Å². The molecule has 3 rings (SSSR count). The Labute approximate surface area is 143 Å². The highest BCUT2D eigenvalue weighted by Gasteiger charge is 2.51. The first kappa shape index (κ1) is 15.0. The van der Waals surface area contributed by atoms with E-state index in [2.05, 4.69) is 43.8 Å². The zero-order chi connectivity index (χ0) is 15.4. The first-order valence-corrected chi connectivity index (χ1v) is 8.50. The Morgan fingerprint density at radius 1 is 1.38 bits per heavy atom. The van der Waals surface area contributed by atoms with Crippen LogP contribution in [0.1, 0.15) is 39.7 Å². The number of benzene rings is 1.